The minimum atomic E-state index is -4.51. The third-order valence-electron chi connectivity index (χ3n) is 5.38. The Morgan fingerprint density at radius 3 is 2.47 bits per heavy atom. The molecule has 0 aliphatic heterocycles. The van der Waals surface area contributed by atoms with Gasteiger partial charge >= 0.3 is 6.18 Å². The van der Waals surface area contributed by atoms with Crippen molar-refractivity contribution in [1.29, 1.82) is 0 Å². The number of rotatable bonds is 6. The summed E-state index contributed by atoms with van der Waals surface area (Å²) in [6.07, 6.45) is -3.08. The highest BCUT2D eigenvalue weighted by Crippen LogP contribution is 2.32. The lowest BCUT2D eigenvalue weighted by Gasteiger charge is -2.14. The highest BCUT2D eigenvalue weighted by atomic mass is 19.4. The van der Waals surface area contributed by atoms with E-state index >= 15 is 0 Å². The second-order valence-electron chi connectivity index (χ2n) is 8.29. The number of benzene rings is 2. The van der Waals surface area contributed by atoms with Crippen molar-refractivity contribution in [3.8, 4) is 5.82 Å². The summed E-state index contributed by atoms with van der Waals surface area (Å²) in [7, 11) is 1.75. The van der Waals surface area contributed by atoms with Crippen LogP contribution in [-0.4, -0.2) is 32.7 Å². The normalized spacial score (nSPS) is 11.3. The van der Waals surface area contributed by atoms with E-state index in [2.05, 4.69) is 31.0 Å². The first-order valence-corrected chi connectivity index (χ1v) is 11.0. The minimum Gasteiger partial charge on any atom is -0.373 e. The van der Waals surface area contributed by atoms with Crippen LogP contribution < -0.4 is 16.0 Å². The highest BCUT2D eigenvalue weighted by Gasteiger charge is 2.31. The van der Waals surface area contributed by atoms with Crippen LogP contribution in [0, 0.1) is 20.8 Å². The third-order valence-corrected chi connectivity index (χ3v) is 5.38. The van der Waals surface area contributed by atoms with Crippen molar-refractivity contribution in [2.45, 2.75) is 26.9 Å². The molecule has 0 atom stereocenters. The van der Waals surface area contributed by atoms with E-state index in [4.69, 9.17) is 0 Å². The van der Waals surface area contributed by atoms with Gasteiger partial charge in [0.2, 0.25) is 0 Å². The standard InChI is InChI=1S/C25H24F3N7O/c1-14-7-18(25(26,27)28)11-19(8-14)32-24(36)17-6-5-15(2)20(10-17)33-23-9-16(3)34-35(23)22-12-21(29-4)30-13-31-22/h5-13,33H,1-4H3,(H,32,36)(H,29,30,31). The van der Waals surface area contributed by atoms with Crippen LogP contribution in [0.25, 0.3) is 5.82 Å². The number of aromatic nitrogens is 4. The van der Waals surface area contributed by atoms with E-state index in [0.29, 0.717) is 28.7 Å². The summed E-state index contributed by atoms with van der Waals surface area (Å²) in [4.78, 5) is 21.3. The number of nitrogens with zero attached hydrogens (tertiary/aromatic N) is 4. The molecular weight excluding hydrogens is 471 g/mol. The molecule has 186 valence electrons. The highest BCUT2D eigenvalue weighted by molar-refractivity contribution is 6.05. The van der Waals surface area contributed by atoms with Crippen molar-refractivity contribution in [3.05, 3.63) is 82.8 Å². The van der Waals surface area contributed by atoms with Crippen molar-refractivity contribution in [3.63, 3.8) is 0 Å². The topological polar surface area (TPSA) is 96.8 Å². The Labute approximate surface area is 205 Å². The maximum absolute atomic E-state index is 13.2. The van der Waals surface area contributed by atoms with Crippen LogP contribution in [-0.2, 0) is 6.18 Å². The largest absolute Gasteiger partial charge is 0.416 e. The van der Waals surface area contributed by atoms with E-state index in [0.717, 1.165) is 23.4 Å². The Kier molecular flexibility index (Phi) is 6.65. The third kappa shape index (κ3) is 5.45. The number of aryl methyl sites for hydroxylation is 3. The van der Waals surface area contributed by atoms with E-state index in [-0.39, 0.29) is 11.3 Å². The number of anilines is 4. The fourth-order valence-corrected chi connectivity index (χ4v) is 3.62. The Morgan fingerprint density at radius 1 is 0.972 bits per heavy atom. The summed E-state index contributed by atoms with van der Waals surface area (Å²) in [5.41, 5.74) is 2.15. The molecule has 0 unspecified atom stereocenters. The monoisotopic (exact) mass is 495 g/mol. The molecular formula is C25H24F3N7O. The molecule has 0 aliphatic rings. The molecule has 2 heterocycles. The van der Waals surface area contributed by atoms with E-state index < -0.39 is 17.6 Å². The summed E-state index contributed by atoms with van der Waals surface area (Å²) < 4.78 is 41.1. The van der Waals surface area contributed by atoms with Crippen LogP contribution in [0.3, 0.4) is 0 Å². The van der Waals surface area contributed by atoms with Crippen LogP contribution in [0.4, 0.5) is 36.2 Å². The molecule has 11 heteroatoms. The van der Waals surface area contributed by atoms with Gasteiger partial charge in [0.05, 0.1) is 11.3 Å². The molecule has 4 aromatic rings. The lowest BCUT2D eigenvalue weighted by molar-refractivity contribution is -0.137. The van der Waals surface area contributed by atoms with Crippen molar-refractivity contribution in [2.24, 2.45) is 0 Å². The molecule has 4 rings (SSSR count). The van der Waals surface area contributed by atoms with Gasteiger partial charge in [0, 0.05) is 36.1 Å². The summed E-state index contributed by atoms with van der Waals surface area (Å²) in [6, 6.07) is 12.0. The number of hydrogen-bond donors (Lipinski definition) is 3. The van der Waals surface area contributed by atoms with Gasteiger partial charge in [0.1, 0.15) is 18.0 Å². The number of carbonyl (C=O) groups is 1. The Morgan fingerprint density at radius 2 is 1.75 bits per heavy atom. The number of hydrogen-bond acceptors (Lipinski definition) is 6. The van der Waals surface area contributed by atoms with Crippen LogP contribution in [0.5, 0.6) is 0 Å². The average molecular weight is 496 g/mol. The van der Waals surface area contributed by atoms with Gasteiger partial charge in [0.25, 0.3) is 5.91 Å². The van der Waals surface area contributed by atoms with E-state index in [9.17, 15) is 18.0 Å². The van der Waals surface area contributed by atoms with Crippen molar-refractivity contribution >= 4 is 28.9 Å². The zero-order valence-electron chi connectivity index (χ0n) is 20.0. The van der Waals surface area contributed by atoms with Crippen molar-refractivity contribution in [1.82, 2.24) is 19.7 Å². The summed E-state index contributed by atoms with van der Waals surface area (Å²) in [6.45, 7) is 5.26. The summed E-state index contributed by atoms with van der Waals surface area (Å²) in [5.74, 6) is 1.24. The van der Waals surface area contributed by atoms with E-state index in [1.54, 1.807) is 42.9 Å². The quantitative estimate of drug-likeness (QED) is 0.320. The SMILES string of the molecule is CNc1cc(-n2nc(C)cc2Nc2cc(C(=O)Nc3cc(C)cc(C(F)(F)F)c3)ccc2C)ncn1. The van der Waals surface area contributed by atoms with Gasteiger partial charge in [-0.3, -0.25) is 4.79 Å². The number of amides is 1. The van der Waals surface area contributed by atoms with Gasteiger partial charge < -0.3 is 16.0 Å². The van der Waals surface area contributed by atoms with Crippen LogP contribution in [0.15, 0.2) is 54.9 Å². The van der Waals surface area contributed by atoms with E-state index in [1.807, 2.05) is 19.9 Å². The minimum absolute atomic E-state index is 0.0696. The maximum atomic E-state index is 13.2. The molecule has 0 fully saturated rings. The number of alkyl halides is 3. The molecule has 1 amide bonds. The molecule has 2 aromatic carbocycles. The molecule has 36 heavy (non-hydrogen) atoms. The molecule has 0 aliphatic carbocycles. The molecule has 3 N–H and O–H groups in total. The molecule has 8 nitrogen and oxygen atoms in total. The molecule has 0 radical (unpaired) electrons. The van der Waals surface area contributed by atoms with Crippen molar-refractivity contribution in [2.75, 3.05) is 23.0 Å². The van der Waals surface area contributed by atoms with Crippen LogP contribution in [0.2, 0.25) is 0 Å². The van der Waals surface area contributed by atoms with E-state index in [1.165, 1.54) is 12.4 Å². The fourth-order valence-electron chi connectivity index (χ4n) is 3.62. The number of halogens is 3. The summed E-state index contributed by atoms with van der Waals surface area (Å²) >= 11 is 0. The van der Waals surface area contributed by atoms with Gasteiger partial charge in [-0.2, -0.15) is 23.0 Å². The zero-order valence-corrected chi connectivity index (χ0v) is 20.0. The second kappa shape index (κ2) is 9.68. The Bertz CT molecular complexity index is 1430. The molecule has 0 spiro atoms. The first-order chi connectivity index (χ1) is 17.0. The molecule has 0 bridgehead atoms. The predicted octanol–water partition coefficient (Wildman–Crippen LogP) is 5.64. The van der Waals surface area contributed by atoms with Crippen molar-refractivity contribution < 1.29 is 18.0 Å². The second-order valence-corrected chi connectivity index (χ2v) is 8.29. The molecule has 0 saturated carbocycles. The first kappa shape index (κ1) is 24.7. The lowest BCUT2D eigenvalue weighted by atomic mass is 10.1. The maximum Gasteiger partial charge on any atom is 0.416 e. The van der Waals surface area contributed by atoms with Gasteiger partial charge in [-0.25, -0.2) is 9.97 Å². The van der Waals surface area contributed by atoms with Gasteiger partial charge in [-0.05, 0) is 62.2 Å². The zero-order chi connectivity index (χ0) is 26.0. The number of carbonyl (C=O) groups excluding carboxylic acids is 1. The Balaban J connectivity index is 1.61. The molecule has 0 saturated heterocycles. The smallest absolute Gasteiger partial charge is 0.373 e. The Hall–Kier alpha value is -4.41. The van der Waals surface area contributed by atoms with Gasteiger partial charge in [-0.15, -0.1) is 0 Å². The van der Waals surface area contributed by atoms with Crippen LogP contribution in [0.1, 0.15) is 32.7 Å². The lowest BCUT2D eigenvalue weighted by Crippen LogP contribution is -2.14. The average Bonchev–Trinajstić information content (AvgIpc) is 3.19. The first-order valence-electron chi connectivity index (χ1n) is 11.0. The summed E-state index contributed by atoms with van der Waals surface area (Å²) in [5, 5.41) is 13.3. The van der Waals surface area contributed by atoms with Gasteiger partial charge in [-0.1, -0.05) is 6.07 Å². The fraction of sp³-hybridized carbons (Fsp3) is 0.200. The predicted molar refractivity (Wildman–Crippen MR) is 132 cm³/mol. The number of nitrogens with one attached hydrogen (secondary N) is 3. The van der Waals surface area contributed by atoms with Crippen LogP contribution >= 0.6 is 0 Å². The van der Waals surface area contributed by atoms with Gasteiger partial charge in [0.15, 0.2) is 5.82 Å². The molecule has 2 aromatic heterocycles.